The van der Waals surface area contributed by atoms with Gasteiger partial charge >= 0.3 is 5.97 Å². The molecule has 0 saturated carbocycles. The van der Waals surface area contributed by atoms with E-state index in [2.05, 4.69) is 0 Å². The number of methoxy groups -OCH3 is 1. The molecule has 1 aromatic carbocycles. The van der Waals surface area contributed by atoms with Gasteiger partial charge in [0.25, 0.3) is 0 Å². The third-order valence-electron chi connectivity index (χ3n) is 4.59. The van der Waals surface area contributed by atoms with E-state index in [1.54, 1.807) is 11.8 Å². The highest BCUT2D eigenvalue weighted by Gasteiger charge is 2.61. The van der Waals surface area contributed by atoms with Crippen molar-refractivity contribution in [1.29, 1.82) is 0 Å². The summed E-state index contributed by atoms with van der Waals surface area (Å²) in [7, 11) is 1.33. The molecule has 5 heteroatoms. The summed E-state index contributed by atoms with van der Waals surface area (Å²) in [6, 6.07) is 9.96. The largest absolute Gasteiger partial charge is 0.468 e. The van der Waals surface area contributed by atoms with Crippen LogP contribution in [0.2, 0.25) is 0 Å². The number of esters is 1. The number of Topliss-reactive ketones (excluding diaryl/α,β-unsaturated/α-hetero) is 1. The van der Waals surface area contributed by atoms with Crippen LogP contribution in [0.5, 0.6) is 0 Å². The molecule has 2 bridgehead atoms. The Labute approximate surface area is 134 Å². The maximum Gasteiger partial charge on any atom is 0.319 e. The average molecular weight is 320 g/mol. The van der Waals surface area contributed by atoms with Crippen molar-refractivity contribution in [2.45, 2.75) is 42.3 Å². The standard InChI is InChI=1S/C17H20O4S/c1-16-8-9-17(21-16,11-22-12-6-4-3-5-7-12)14(13(18)10-16)15(19)20-2/h3-7,14H,8-11H2,1-2H3/t14?,16-,17-/m1/s1. The third-order valence-corrected chi connectivity index (χ3v) is 5.82. The van der Waals surface area contributed by atoms with Crippen molar-refractivity contribution < 1.29 is 19.1 Å². The predicted molar refractivity (Wildman–Crippen MR) is 83.8 cm³/mol. The molecule has 0 aliphatic carbocycles. The fourth-order valence-electron chi connectivity index (χ4n) is 3.53. The highest BCUT2D eigenvalue weighted by molar-refractivity contribution is 7.99. The number of fused-ring (bicyclic) bond motifs is 2. The molecule has 2 fully saturated rings. The number of ether oxygens (including phenoxy) is 2. The summed E-state index contributed by atoms with van der Waals surface area (Å²) in [6.45, 7) is 1.97. The van der Waals surface area contributed by atoms with Crippen LogP contribution in [0.4, 0.5) is 0 Å². The van der Waals surface area contributed by atoms with E-state index in [0.29, 0.717) is 12.2 Å². The smallest absolute Gasteiger partial charge is 0.319 e. The van der Waals surface area contributed by atoms with Gasteiger partial charge in [0, 0.05) is 17.1 Å². The number of ketones is 1. The second-order valence-corrected chi connectivity index (χ2v) is 7.37. The van der Waals surface area contributed by atoms with Gasteiger partial charge in [-0.2, -0.15) is 0 Å². The minimum absolute atomic E-state index is 0.0493. The molecule has 3 rings (SSSR count). The lowest BCUT2D eigenvalue weighted by molar-refractivity contribution is -0.183. The summed E-state index contributed by atoms with van der Waals surface area (Å²) >= 11 is 1.62. The van der Waals surface area contributed by atoms with Crippen LogP contribution in [-0.2, 0) is 19.1 Å². The van der Waals surface area contributed by atoms with Gasteiger partial charge in [-0.3, -0.25) is 9.59 Å². The Morgan fingerprint density at radius 3 is 2.77 bits per heavy atom. The van der Waals surface area contributed by atoms with Gasteiger partial charge in [0.15, 0.2) is 5.78 Å². The first-order chi connectivity index (χ1) is 10.5. The second-order valence-electron chi connectivity index (χ2n) is 6.32. The summed E-state index contributed by atoms with van der Waals surface area (Å²) in [5.41, 5.74) is -1.17. The highest BCUT2D eigenvalue weighted by Crippen LogP contribution is 2.51. The topological polar surface area (TPSA) is 52.6 Å². The molecule has 0 N–H and O–H groups in total. The van der Waals surface area contributed by atoms with Crippen molar-refractivity contribution in [2.75, 3.05) is 12.9 Å². The number of carbonyl (C=O) groups is 2. The van der Waals surface area contributed by atoms with E-state index >= 15 is 0 Å². The first-order valence-electron chi connectivity index (χ1n) is 7.47. The lowest BCUT2D eigenvalue weighted by Crippen LogP contribution is -2.55. The van der Waals surface area contributed by atoms with Crippen LogP contribution in [0.1, 0.15) is 26.2 Å². The average Bonchev–Trinajstić information content (AvgIpc) is 2.79. The summed E-state index contributed by atoms with van der Waals surface area (Å²) in [6.07, 6.45) is 1.82. The molecule has 22 heavy (non-hydrogen) atoms. The second kappa shape index (κ2) is 5.70. The van der Waals surface area contributed by atoms with Crippen LogP contribution in [0.15, 0.2) is 35.2 Å². The van der Waals surface area contributed by atoms with E-state index in [1.807, 2.05) is 37.3 Å². The molecular weight excluding hydrogens is 300 g/mol. The minimum atomic E-state index is -0.802. The summed E-state index contributed by atoms with van der Waals surface area (Å²) < 4.78 is 11.1. The molecule has 3 atom stereocenters. The molecule has 4 nitrogen and oxygen atoms in total. The molecular formula is C17H20O4S. The van der Waals surface area contributed by atoms with Crippen molar-refractivity contribution in [1.82, 2.24) is 0 Å². The van der Waals surface area contributed by atoms with Crippen molar-refractivity contribution >= 4 is 23.5 Å². The molecule has 118 valence electrons. The molecule has 1 aromatic rings. The highest BCUT2D eigenvalue weighted by atomic mass is 32.2. The number of hydrogen-bond donors (Lipinski definition) is 0. The number of hydrogen-bond acceptors (Lipinski definition) is 5. The first-order valence-corrected chi connectivity index (χ1v) is 8.45. The molecule has 0 amide bonds. The predicted octanol–water partition coefficient (Wildman–Crippen LogP) is 2.85. The number of rotatable bonds is 4. The molecule has 2 saturated heterocycles. The van der Waals surface area contributed by atoms with E-state index in [0.717, 1.165) is 17.7 Å². The minimum Gasteiger partial charge on any atom is -0.468 e. The molecule has 0 spiro atoms. The van der Waals surface area contributed by atoms with Crippen molar-refractivity contribution in [3.63, 3.8) is 0 Å². The fourth-order valence-corrected chi connectivity index (χ4v) is 4.66. The van der Waals surface area contributed by atoms with Crippen LogP contribution < -0.4 is 0 Å². The molecule has 0 radical (unpaired) electrons. The zero-order valence-electron chi connectivity index (χ0n) is 12.8. The van der Waals surface area contributed by atoms with E-state index in [9.17, 15) is 9.59 Å². The Hall–Kier alpha value is -1.33. The Balaban J connectivity index is 1.86. The fraction of sp³-hybridized carbons (Fsp3) is 0.529. The van der Waals surface area contributed by atoms with Gasteiger partial charge in [-0.1, -0.05) is 18.2 Å². The van der Waals surface area contributed by atoms with Crippen LogP contribution in [0, 0.1) is 5.92 Å². The molecule has 0 aromatic heterocycles. The van der Waals surface area contributed by atoms with E-state index in [4.69, 9.17) is 9.47 Å². The van der Waals surface area contributed by atoms with Gasteiger partial charge < -0.3 is 9.47 Å². The Morgan fingerprint density at radius 1 is 1.36 bits per heavy atom. The third kappa shape index (κ3) is 2.68. The molecule has 2 aliphatic heterocycles. The Morgan fingerprint density at radius 2 is 2.09 bits per heavy atom. The normalized spacial score (nSPS) is 33.7. The quantitative estimate of drug-likeness (QED) is 0.485. The van der Waals surface area contributed by atoms with Crippen molar-refractivity contribution in [3.05, 3.63) is 30.3 Å². The van der Waals surface area contributed by atoms with Gasteiger partial charge in [0.05, 0.1) is 18.3 Å². The molecule has 2 aliphatic rings. The zero-order valence-corrected chi connectivity index (χ0v) is 13.7. The van der Waals surface area contributed by atoms with Crippen molar-refractivity contribution in [2.24, 2.45) is 5.92 Å². The monoisotopic (exact) mass is 320 g/mol. The van der Waals surface area contributed by atoms with Crippen LogP contribution in [-0.4, -0.2) is 35.8 Å². The number of thioether (sulfide) groups is 1. The molecule has 2 heterocycles. The van der Waals surface area contributed by atoms with Gasteiger partial charge in [-0.05, 0) is 31.9 Å². The van der Waals surface area contributed by atoms with E-state index in [-0.39, 0.29) is 5.78 Å². The van der Waals surface area contributed by atoms with E-state index in [1.165, 1.54) is 7.11 Å². The Kier molecular flexibility index (Phi) is 4.03. The Bertz CT molecular complexity index is 588. The SMILES string of the molecule is COC(=O)C1C(=O)C[C@@]2(C)CC[C@]1(CSc1ccccc1)O2. The van der Waals surface area contributed by atoms with Gasteiger partial charge in [0.1, 0.15) is 5.92 Å². The molecule has 1 unspecified atom stereocenters. The van der Waals surface area contributed by atoms with Crippen LogP contribution >= 0.6 is 11.8 Å². The maximum absolute atomic E-state index is 12.5. The summed E-state index contributed by atoms with van der Waals surface area (Å²) in [4.78, 5) is 25.7. The van der Waals surface area contributed by atoms with Crippen LogP contribution in [0.25, 0.3) is 0 Å². The van der Waals surface area contributed by atoms with Gasteiger partial charge in [-0.25, -0.2) is 0 Å². The maximum atomic E-state index is 12.5. The lowest BCUT2D eigenvalue weighted by atomic mass is 9.82. The summed E-state index contributed by atoms with van der Waals surface area (Å²) in [5.74, 6) is -0.739. The number of carbonyl (C=O) groups excluding carboxylic acids is 2. The summed E-state index contributed by atoms with van der Waals surface area (Å²) in [5, 5.41) is 0. The van der Waals surface area contributed by atoms with Crippen molar-refractivity contribution in [3.8, 4) is 0 Å². The first kappa shape index (κ1) is 15.6. The van der Waals surface area contributed by atoms with E-state index < -0.39 is 23.1 Å². The zero-order chi connectivity index (χ0) is 15.8. The van der Waals surface area contributed by atoms with Crippen LogP contribution in [0.3, 0.4) is 0 Å². The van der Waals surface area contributed by atoms with Gasteiger partial charge in [0.2, 0.25) is 0 Å². The number of benzene rings is 1. The van der Waals surface area contributed by atoms with Gasteiger partial charge in [-0.15, -0.1) is 11.8 Å². The lowest BCUT2D eigenvalue weighted by Gasteiger charge is -2.41.